The first kappa shape index (κ1) is 24.5. The van der Waals surface area contributed by atoms with Crippen LogP contribution in [0.3, 0.4) is 0 Å². The fraction of sp³-hybridized carbons (Fsp3) is 0.207. The van der Waals surface area contributed by atoms with E-state index < -0.39 is 12.1 Å². The maximum absolute atomic E-state index is 13.5. The Balaban J connectivity index is 1.36. The van der Waals surface area contributed by atoms with Crippen molar-refractivity contribution in [3.8, 4) is 11.5 Å². The Morgan fingerprint density at radius 2 is 1.66 bits per heavy atom. The number of nitrogens with zero attached hydrogens (tertiary/aromatic N) is 3. The van der Waals surface area contributed by atoms with E-state index in [9.17, 15) is 4.79 Å². The first-order chi connectivity index (χ1) is 18.5. The van der Waals surface area contributed by atoms with Gasteiger partial charge < -0.3 is 14.5 Å². The van der Waals surface area contributed by atoms with Crippen LogP contribution in [-0.2, 0) is 6.42 Å². The third kappa shape index (κ3) is 4.75. The summed E-state index contributed by atoms with van der Waals surface area (Å²) in [6, 6.07) is 19.9. The number of aliphatic imine (C=N–C) groups is 2. The molecule has 38 heavy (non-hydrogen) atoms. The van der Waals surface area contributed by atoms with Gasteiger partial charge >= 0.3 is 6.09 Å². The molecule has 1 N–H and O–H groups in total. The van der Waals surface area contributed by atoms with Crippen LogP contribution in [0.15, 0.2) is 76.7 Å². The van der Waals surface area contributed by atoms with Crippen LogP contribution in [0.4, 0.5) is 4.79 Å². The number of hydrogen-bond donors (Lipinski definition) is 1. The predicted octanol–water partition coefficient (Wildman–Crippen LogP) is 6.87. The smallest absolute Gasteiger partial charge is 0.416 e. The minimum atomic E-state index is -0.441. The van der Waals surface area contributed by atoms with Crippen LogP contribution in [0, 0.1) is 0 Å². The summed E-state index contributed by atoms with van der Waals surface area (Å²) in [6.07, 6.45) is 0.227. The Bertz CT molecular complexity index is 1580. The molecule has 0 bridgehead atoms. The van der Waals surface area contributed by atoms with Crippen molar-refractivity contribution >= 4 is 51.8 Å². The highest BCUT2D eigenvalue weighted by atomic mass is 35.5. The van der Waals surface area contributed by atoms with Gasteiger partial charge in [0.1, 0.15) is 17.5 Å². The number of ether oxygens (including phenoxy) is 2. The number of amides is 1. The number of aromatic amines is 1. The van der Waals surface area contributed by atoms with E-state index in [-0.39, 0.29) is 0 Å². The zero-order valence-electron chi connectivity index (χ0n) is 20.6. The van der Waals surface area contributed by atoms with Gasteiger partial charge in [-0.05, 0) is 79.1 Å². The molecule has 1 amide bonds. The van der Waals surface area contributed by atoms with Gasteiger partial charge in [0.05, 0.1) is 18.8 Å². The van der Waals surface area contributed by atoms with Crippen molar-refractivity contribution in [2.24, 2.45) is 9.98 Å². The second-order valence-electron chi connectivity index (χ2n) is 9.20. The standard InChI is InChI=1S/C29H24Cl2N4O3/c1-17-28(33-14-13-32-17)37-21-7-2-18(3-8-21)27-26-23(24-16-20(31)6-11-25(24)34-26)12-15-35(27)29(36)38-22-9-4-19(30)5-10-22/h2-11,16,27,34H,12-15H2,1H3. The Morgan fingerprint density at radius 3 is 2.42 bits per heavy atom. The van der Waals surface area contributed by atoms with E-state index >= 15 is 0 Å². The molecular weight excluding hydrogens is 523 g/mol. The number of fused-ring (bicyclic) bond motifs is 3. The Labute approximate surface area is 229 Å². The quantitative estimate of drug-likeness (QED) is 0.304. The van der Waals surface area contributed by atoms with Gasteiger partial charge in [0.25, 0.3) is 0 Å². The van der Waals surface area contributed by atoms with Gasteiger partial charge in [0.15, 0.2) is 0 Å². The number of aromatic nitrogens is 1. The SMILES string of the molecule is CC1=NCCN=C1Oc1ccc(C2c3[nH]c4ccc(Cl)cc4c3CCN2C(=O)Oc2ccc(Cl)cc2)cc1. The monoisotopic (exact) mass is 546 g/mol. The van der Waals surface area contributed by atoms with Gasteiger partial charge in [0.2, 0.25) is 5.90 Å². The highest BCUT2D eigenvalue weighted by Gasteiger charge is 2.36. The molecule has 7 nitrogen and oxygen atoms in total. The molecule has 0 radical (unpaired) electrons. The maximum atomic E-state index is 13.5. The molecule has 4 aromatic rings. The van der Waals surface area contributed by atoms with Crippen molar-refractivity contribution in [2.45, 2.75) is 19.4 Å². The highest BCUT2D eigenvalue weighted by molar-refractivity contribution is 6.38. The summed E-state index contributed by atoms with van der Waals surface area (Å²) in [5.74, 6) is 1.62. The zero-order valence-corrected chi connectivity index (χ0v) is 22.1. The first-order valence-electron chi connectivity index (χ1n) is 12.3. The average molecular weight is 547 g/mol. The topological polar surface area (TPSA) is 79.3 Å². The second-order valence-corrected chi connectivity index (χ2v) is 10.1. The Hall–Kier alpha value is -3.81. The summed E-state index contributed by atoms with van der Waals surface area (Å²) < 4.78 is 11.7. The van der Waals surface area contributed by atoms with Crippen molar-refractivity contribution in [2.75, 3.05) is 19.6 Å². The average Bonchev–Trinajstić information content (AvgIpc) is 3.29. The van der Waals surface area contributed by atoms with Crippen molar-refractivity contribution in [1.82, 2.24) is 9.88 Å². The molecule has 2 aliphatic heterocycles. The number of benzene rings is 3. The van der Waals surface area contributed by atoms with Crippen LogP contribution in [0.5, 0.6) is 11.5 Å². The molecule has 2 aliphatic rings. The molecule has 9 heteroatoms. The highest BCUT2D eigenvalue weighted by Crippen LogP contribution is 2.40. The van der Waals surface area contributed by atoms with E-state index in [1.54, 1.807) is 29.2 Å². The van der Waals surface area contributed by atoms with Gasteiger partial charge in [0, 0.05) is 33.2 Å². The summed E-state index contributed by atoms with van der Waals surface area (Å²) in [7, 11) is 0. The largest absolute Gasteiger partial charge is 0.438 e. The summed E-state index contributed by atoms with van der Waals surface area (Å²) in [4.78, 5) is 27.6. The number of carbonyl (C=O) groups is 1. The Kier molecular flexibility index (Phi) is 6.55. The van der Waals surface area contributed by atoms with Gasteiger partial charge in [-0.15, -0.1) is 0 Å². The van der Waals surface area contributed by atoms with E-state index in [2.05, 4.69) is 15.0 Å². The van der Waals surface area contributed by atoms with Crippen LogP contribution in [-0.4, -0.2) is 47.2 Å². The third-order valence-corrected chi connectivity index (χ3v) is 7.25. The van der Waals surface area contributed by atoms with E-state index in [0.29, 0.717) is 53.5 Å². The van der Waals surface area contributed by atoms with Gasteiger partial charge in [-0.2, -0.15) is 0 Å². The molecule has 0 spiro atoms. The molecule has 0 fully saturated rings. The first-order valence-corrected chi connectivity index (χ1v) is 13.1. The van der Waals surface area contributed by atoms with Crippen LogP contribution >= 0.6 is 23.2 Å². The van der Waals surface area contributed by atoms with E-state index in [4.69, 9.17) is 32.7 Å². The fourth-order valence-electron chi connectivity index (χ4n) is 4.95. The molecule has 0 aliphatic carbocycles. The normalized spacial score (nSPS) is 17.0. The van der Waals surface area contributed by atoms with Crippen LogP contribution in [0.1, 0.15) is 29.8 Å². The summed E-state index contributed by atoms with van der Waals surface area (Å²) in [5, 5.41) is 2.31. The van der Waals surface area contributed by atoms with E-state index in [0.717, 1.165) is 33.4 Å². The predicted molar refractivity (Wildman–Crippen MR) is 150 cm³/mol. The summed E-state index contributed by atoms with van der Waals surface area (Å²) in [6.45, 7) is 3.67. The van der Waals surface area contributed by atoms with Crippen molar-refractivity contribution in [3.63, 3.8) is 0 Å². The van der Waals surface area contributed by atoms with Crippen molar-refractivity contribution in [1.29, 1.82) is 0 Å². The molecular formula is C29H24Cl2N4O3. The number of halogens is 2. The molecule has 3 aromatic carbocycles. The van der Waals surface area contributed by atoms with Crippen LogP contribution in [0.2, 0.25) is 10.0 Å². The van der Waals surface area contributed by atoms with Gasteiger partial charge in [-0.3, -0.25) is 9.89 Å². The van der Waals surface area contributed by atoms with Crippen LogP contribution < -0.4 is 9.47 Å². The second kappa shape index (κ2) is 10.2. The molecule has 1 unspecified atom stereocenters. The third-order valence-electron chi connectivity index (χ3n) is 6.77. The molecule has 0 saturated carbocycles. The number of carbonyl (C=O) groups excluding carboxylic acids is 1. The lowest BCUT2D eigenvalue weighted by Gasteiger charge is -2.35. The number of hydrogen-bond acceptors (Lipinski definition) is 5. The number of rotatable bonds is 3. The van der Waals surface area contributed by atoms with Gasteiger partial charge in [-0.25, -0.2) is 9.79 Å². The van der Waals surface area contributed by atoms with Crippen molar-refractivity contribution in [3.05, 3.63) is 93.6 Å². The lowest BCUT2D eigenvalue weighted by Crippen LogP contribution is -2.42. The molecule has 192 valence electrons. The van der Waals surface area contributed by atoms with Crippen LogP contribution in [0.25, 0.3) is 10.9 Å². The molecule has 0 saturated heterocycles. The molecule has 6 rings (SSSR count). The lowest BCUT2D eigenvalue weighted by atomic mass is 9.92. The molecule has 1 aromatic heterocycles. The Morgan fingerprint density at radius 1 is 0.947 bits per heavy atom. The summed E-state index contributed by atoms with van der Waals surface area (Å²) in [5.41, 5.74) is 4.76. The summed E-state index contributed by atoms with van der Waals surface area (Å²) >= 11 is 12.3. The lowest BCUT2D eigenvalue weighted by molar-refractivity contribution is 0.135. The van der Waals surface area contributed by atoms with Crippen molar-refractivity contribution < 1.29 is 14.3 Å². The minimum absolute atomic E-state index is 0.394. The maximum Gasteiger partial charge on any atom is 0.416 e. The number of nitrogens with one attached hydrogen (secondary N) is 1. The van der Waals surface area contributed by atoms with E-state index in [1.165, 1.54) is 0 Å². The minimum Gasteiger partial charge on any atom is -0.438 e. The number of H-pyrrole nitrogens is 1. The molecule has 1 atom stereocenters. The zero-order chi connectivity index (χ0) is 26.2. The van der Waals surface area contributed by atoms with Gasteiger partial charge in [-0.1, -0.05) is 35.3 Å². The molecule has 3 heterocycles. The van der Waals surface area contributed by atoms with E-state index in [1.807, 2.05) is 49.4 Å². The fourth-order valence-corrected chi connectivity index (χ4v) is 5.25.